The molecule has 6 nitrogen and oxygen atoms in total. The average molecular weight is 411 g/mol. The van der Waals surface area contributed by atoms with Gasteiger partial charge in [-0.05, 0) is 54.7 Å². The van der Waals surface area contributed by atoms with Crippen molar-refractivity contribution in [2.24, 2.45) is 15.9 Å². The molecule has 0 unspecified atom stereocenters. The third-order valence-corrected chi connectivity index (χ3v) is 5.40. The van der Waals surface area contributed by atoms with E-state index in [0.29, 0.717) is 10.9 Å². The SMILES string of the molecule is NC(=NN=Cc1ccc(OCC(=O)N2CCCCC2)cc1)SCc1ccccc1. The average Bonchev–Trinajstić information content (AvgIpc) is 2.78. The number of nitrogens with two attached hydrogens (primary N) is 1. The van der Waals surface area contributed by atoms with Crippen molar-refractivity contribution >= 4 is 29.1 Å². The summed E-state index contributed by atoms with van der Waals surface area (Å²) in [6.07, 6.45) is 5.00. The van der Waals surface area contributed by atoms with Crippen LogP contribution in [0.3, 0.4) is 0 Å². The van der Waals surface area contributed by atoms with Crippen molar-refractivity contribution < 1.29 is 9.53 Å². The molecule has 0 saturated carbocycles. The molecule has 0 atom stereocenters. The summed E-state index contributed by atoms with van der Waals surface area (Å²) < 4.78 is 5.61. The van der Waals surface area contributed by atoms with Crippen LogP contribution in [0.5, 0.6) is 5.75 Å². The van der Waals surface area contributed by atoms with E-state index in [1.165, 1.54) is 23.7 Å². The summed E-state index contributed by atoms with van der Waals surface area (Å²) in [6.45, 7) is 1.75. The third kappa shape index (κ3) is 7.27. The number of likely N-dealkylation sites (tertiary alicyclic amines) is 1. The fraction of sp³-hybridized carbons (Fsp3) is 0.318. The lowest BCUT2D eigenvalue weighted by Gasteiger charge is -2.26. The van der Waals surface area contributed by atoms with Gasteiger partial charge in [-0.15, -0.1) is 5.10 Å². The summed E-state index contributed by atoms with van der Waals surface area (Å²) in [5.74, 6) is 1.47. The van der Waals surface area contributed by atoms with Crippen LogP contribution < -0.4 is 10.5 Å². The molecule has 152 valence electrons. The fourth-order valence-electron chi connectivity index (χ4n) is 2.94. The number of carbonyl (C=O) groups is 1. The van der Waals surface area contributed by atoms with Gasteiger partial charge in [0.05, 0.1) is 6.21 Å². The Morgan fingerprint density at radius 2 is 1.79 bits per heavy atom. The number of nitrogens with zero attached hydrogens (tertiary/aromatic N) is 3. The molecule has 2 N–H and O–H groups in total. The molecule has 1 fully saturated rings. The Kier molecular flexibility index (Phi) is 8.12. The van der Waals surface area contributed by atoms with Crippen LogP contribution in [0.25, 0.3) is 0 Å². The molecule has 3 rings (SSSR count). The first-order valence-corrected chi connectivity index (χ1v) is 10.7. The molecule has 1 heterocycles. The highest BCUT2D eigenvalue weighted by atomic mass is 32.2. The molecule has 1 aliphatic heterocycles. The number of piperidine rings is 1. The Hall–Kier alpha value is -2.80. The van der Waals surface area contributed by atoms with E-state index in [2.05, 4.69) is 10.2 Å². The van der Waals surface area contributed by atoms with Crippen molar-refractivity contribution in [1.82, 2.24) is 4.90 Å². The Labute approximate surface area is 175 Å². The Morgan fingerprint density at radius 3 is 2.52 bits per heavy atom. The summed E-state index contributed by atoms with van der Waals surface area (Å²) in [7, 11) is 0. The fourth-order valence-corrected chi connectivity index (χ4v) is 3.55. The van der Waals surface area contributed by atoms with Gasteiger partial charge in [0.25, 0.3) is 5.91 Å². The standard InChI is InChI=1S/C22H26N4O2S/c23-22(29-17-19-7-3-1-4-8-19)25-24-15-18-9-11-20(12-10-18)28-16-21(27)26-13-5-2-6-14-26/h1,3-4,7-12,15H,2,5-6,13-14,16-17H2,(H2,23,25). The predicted octanol–water partition coefficient (Wildman–Crippen LogP) is 3.66. The molecule has 0 radical (unpaired) electrons. The van der Waals surface area contributed by atoms with Crippen LogP contribution in [-0.2, 0) is 10.5 Å². The van der Waals surface area contributed by atoms with Gasteiger partial charge in [0.1, 0.15) is 5.75 Å². The summed E-state index contributed by atoms with van der Waals surface area (Å²) in [5, 5.41) is 8.47. The van der Waals surface area contributed by atoms with Gasteiger partial charge in [-0.3, -0.25) is 4.79 Å². The van der Waals surface area contributed by atoms with Gasteiger partial charge >= 0.3 is 0 Å². The van der Waals surface area contributed by atoms with E-state index >= 15 is 0 Å². The predicted molar refractivity (Wildman–Crippen MR) is 119 cm³/mol. The molecule has 2 aromatic carbocycles. The number of hydrogen-bond donors (Lipinski definition) is 1. The first kappa shape index (κ1) is 20.9. The van der Waals surface area contributed by atoms with Gasteiger partial charge in [-0.1, -0.05) is 42.1 Å². The molecule has 0 aliphatic carbocycles. The van der Waals surface area contributed by atoms with Crippen LogP contribution in [-0.4, -0.2) is 41.9 Å². The largest absolute Gasteiger partial charge is 0.484 e. The number of benzene rings is 2. The quantitative estimate of drug-likeness (QED) is 0.429. The van der Waals surface area contributed by atoms with Crippen LogP contribution in [0.1, 0.15) is 30.4 Å². The second kappa shape index (κ2) is 11.3. The minimum Gasteiger partial charge on any atom is -0.484 e. The van der Waals surface area contributed by atoms with Gasteiger partial charge < -0.3 is 15.4 Å². The lowest BCUT2D eigenvalue weighted by molar-refractivity contribution is -0.134. The molecular formula is C22H26N4O2S. The smallest absolute Gasteiger partial charge is 0.260 e. The minimum absolute atomic E-state index is 0.0492. The zero-order valence-corrected chi connectivity index (χ0v) is 17.2. The Balaban J connectivity index is 1.42. The van der Waals surface area contributed by atoms with Crippen LogP contribution in [0.4, 0.5) is 0 Å². The zero-order chi connectivity index (χ0) is 20.3. The van der Waals surface area contributed by atoms with Gasteiger partial charge in [0.2, 0.25) is 0 Å². The normalized spacial score (nSPS) is 14.9. The summed E-state index contributed by atoms with van der Waals surface area (Å²) in [5.41, 5.74) is 7.95. The van der Waals surface area contributed by atoms with Crippen molar-refractivity contribution in [1.29, 1.82) is 0 Å². The van der Waals surface area contributed by atoms with Gasteiger partial charge in [-0.2, -0.15) is 5.10 Å². The van der Waals surface area contributed by atoms with Crippen molar-refractivity contribution in [3.63, 3.8) is 0 Å². The maximum absolute atomic E-state index is 12.1. The zero-order valence-electron chi connectivity index (χ0n) is 16.4. The number of rotatable bonds is 7. The molecule has 0 aromatic heterocycles. The minimum atomic E-state index is 0.0492. The number of ether oxygens (including phenoxy) is 1. The maximum Gasteiger partial charge on any atom is 0.260 e. The highest BCUT2D eigenvalue weighted by molar-refractivity contribution is 8.13. The number of amides is 1. The van der Waals surface area contributed by atoms with Gasteiger partial charge in [-0.25, -0.2) is 0 Å². The van der Waals surface area contributed by atoms with Crippen molar-refractivity contribution in [2.45, 2.75) is 25.0 Å². The highest BCUT2D eigenvalue weighted by Crippen LogP contribution is 2.14. The van der Waals surface area contributed by atoms with E-state index in [-0.39, 0.29) is 12.5 Å². The van der Waals surface area contributed by atoms with E-state index in [0.717, 1.165) is 37.2 Å². The Morgan fingerprint density at radius 1 is 1.07 bits per heavy atom. The Bertz CT molecular complexity index is 832. The first-order chi connectivity index (χ1) is 14.2. The topological polar surface area (TPSA) is 80.3 Å². The molecule has 2 aromatic rings. The van der Waals surface area contributed by atoms with E-state index in [1.54, 1.807) is 6.21 Å². The molecule has 0 bridgehead atoms. The summed E-state index contributed by atoms with van der Waals surface area (Å²) >= 11 is 1.45. The van der Waals surface area contributed by atoms with Crippen molar-refractivity contribution in [3.8, 4) is 5.75 Å². The molecule has 7 heteroatoms. The van der Waals surface area contributed by atoms with Crippen molar-refractivity contribution in [3.05, 3.63) is 65.7 Å². The van der Waals surface area contributed by atoms with Gasteiger partial charge in [0, 0.05) is 18.8 Å². The maximum atomic E-state index is 12.1. The number of amidine groups is 1. The monoisotopic (exact) mass is 410 g/mol. The second-order valence-corrected chi connectivity index (χ2v) is 7.75. The van der Waals surface area contributed by atoms with Gasteiger partial charge in [0.15, 0.2) is 11.8 Å². The number of carbonyl (C=O) groups excluding carboxylic acids is 1. The highest BCUT2D eigenvalue weighted by Gasteiger charge is 2.16. The van der Waals surface area contributed by atoms with Crippen LogP contribution in [0, 0.1) is 0 Å². The number of thioether (sulfide) groups is 1. The number of hydrogen-bond acceptors (Lipinski definition) is 5. The van der Waals surface area contributed by atoms with Crippen LogP contribution in [0.15, 0.2) is 64.8 Å². The lowest BCUT2D eigenvalue weighted by atomic mass is 10.1. The van der Waals surface area contributed by atoms with Crippen molar-refractivity contribution in [2.75, 3.05) is 19.7 Å². The molecule has 0 spiro atoms. The molecule has 1 amide bonds. The van der Waals surface area contributed by atoms with Crippen LogP contribution >= 0.6 is 11.8 Å². The van der Waals surface area contributed by atoms with E-state index in [9.17, 15) is 4.79 Å². The summed E-state index contributed by atoms with van der Waals surface area (Å²) in [4.78, 5) is 14.0. The van der Waals surface area contributed by atoms with E-state index in [1.807, 2.05) is 59.5 Å². The second-order valence-electron chi connectivity index (χ2n) is 6.76. The summed E-state index contributed by atoms with van der Waals surface area (Å²) in [6, 6.07) is 17.5. The third-order valence-electron chi connectivity index (χ3n) is 4.54. The molecular weight excluding hydrogens is 384 g/mol. The first-order valence-electron chi connectivity index (χ1n) is 9.74. The molecule has 1 saturated heterocycles. The molecule has 29 heavy (non-hydrogen) atoms. The van der Waals surface area contributed by atoms with Crippen LogP contribution in [0.2, 0.25) is 0 Å². The van der Waals surface area contributed by atoms with E-state index < -0.39 is 0 Å². The lowest BCUT2D eigenvalue weighted by Crippen LogP contribution is -2.38. The molecule has 1 aliphatic rings. The van der Waals surface area contributed by atoms with E-state index in [4.69, 9.17) is 10.5 Å².